The Kier molecular flexibility index (Phi) is 4.47. The number of nitrogens with two attached hydrogens (primary N) is 2. The molecule has 1 rings (SSSR count). The molecule has 0 bridgehead atoms. The summed E-state index contributed by atoms with van der Waals surface area (Å²) in [6, 6.07) is 0. The van der Waals surface area contributed by atoms with Gasteiger partial charge in [0.1, 0.15) is 12.2 Å². The third kappa shape index (κ3) is 3.81. The largest absolute Gasteiger partial charge is 0.383 e. The molecule has 0 amide bonds. The van der Waals surface area contributed by atoms with Crippen molar-refractivity contribution in [3.8, 4) is 0 Å². The molecule has 1 aromatic heterocycles. The number of anilines is 2. The van der Waals surface area contributed by atoms with Gasteiger partial charge in [-0.25, -0.2) is 0 Å². The zero-order valence-corrected chi connectivity index (χ0v) is 10.6. The first-order valence-electron chi connectivity index (χ1n) is 4.97. The van der Waals surface area contributed by atoms with Crippen molar-refractivity contribution >= 4 is 19.4 Å². The first-order valence-corrected chi connectivity index (χ1v) is 6.77. The molecule has 0 atom stereocenters. The Bertz CT molecular complexity index is 537. The van der Waals surface area contributed by atoms with Crippen LogP contribution < -0.4 is 17.0 Å². The molecule has 1 aromatic rings. The van der Waals surface area contributed by atoms with Crippen LogP contribution in [-0.4, -0.2) is 32.3 Å². The second-order valence-corrected chi connectivity index (χ2v) is 5.23. The molecule has 0 aromatic carbocycles. The average Bonchev–Trinajstić information content (AvgIpc) is 2.23. The first-order chi connectivity index (χ1) is 8.22. The van der Waals surface area contributed by atoms with Crippen LogP contribution in [-0.2, 0) is 15.8 Å². The zero-order chi connectivity index (χ0) is 13.9. The van der Waals surface area contributed by atoms with E-state index in [0.29, 0.717) is 0 Å². The highest BCUT2D eigenvalue weighted by Gasteiger charge is 2.13. The minimum Gasteiger partial charge on any atom is -0.383 e. The predicted molar refractivity (Wildman–Crippen MR) is 64.9 cm³/mol. The van der Waals surface area contributed by atoms with Gasteiger partial charge in [-0.05, 0) is 6.92 Å². The van der Waals surface area contributed by atoms with E-state index in [9.17, 15) is 9.36 Å². The average molecular weight is 278 g/mol. The molecule has 0 unspecified atom stereocenters. The van der Waals surface area contributed by atoms with Crippen molar-refractivity contribution in [2.45, 2.75) is 13.5 Å². The van der Waals surface area contributed by atoms with Gasteiger partial charge in [-0.2, -0.15) is 4.98 Å². The second kappa shape index (κ2) is 5.49. The lowest BCUT2D eigenvalue weighted by atomic mass is 10.3. The highest BCUT2D eigenvalue weighted by molar-refractivity contribution is 7.51. The van der Waals surface area contributed by atoms with Crippen LogP contribution >= 0.6 is 7.60 Å². The van der Waals surface area contributed by atoms with Crippen LogP contribution in [0.4, 0.5) is 11.8 Å². The van der Waals surface area contributed by atoms with E-state index in [1.165, 1.54) is 6.92 Å². The lowest BCUT2D eigenvalue weighted by molar-refractivity contribution is 0.148. The summed E-state index contributed by atoms with van der Waals surface area (Å²) >= 11 is 0. The lowest BCUT2D eigenvalue weighted by Crippen LogP contribution is -2.29. The van der Waals surface area contributed by atoms with Gasteiger partial charge in [-0.3, -0.25) is 13.9 Å². The van der Waals surface area contributed by atoms with Crippen LogP contribution in [0.3, 0.4) is 0 Å². The van der Waals surface area contributed by atoms with E-state index in [4.69, 9.17) is 26.0 Å². The molecule has 0 aliphatic heterocycles. The molecule has 0 spiro atoms. The van der Waals surface area contributed by atoms with Crippen LogP contribution in [0.15, 0.2) is 4.79 Å². The summed E-state index contributed by atoms with van der Waals surface area (Å²) in [5.74, 6) is -0.00670. The molecule has 1 heterocycles. The number of hydrogen-bond donors (Lipinski definition) is 4. The monoisotopic (exact) mass is 278 g/mol. The van der Waals surface area contributed by atoms with Gasteiger partial charge in [0.15, 0.2) is 0 Å². The van der Waals surface area contributed by atoms with Crippen molar-refractivity contribution in [1.82, 2.24) is 9.55 Å². The van der Waals surface area contributed by atoms with Crippen molar-refractivity contribution in [2.24, 2.45) is 0 Å². The van der Waals surface area contributed by atoms with Gasteiger partial charge in [0, 0.05) is 0 Å². The summed E-state index contributed by atoms with van der Waals surface area (Å²) in [6.07, 6.45) is -0.705. The highest BCUT2D eigenvalue weighted by Crippen LogP contribution is 2.33. The van der Waals surface area contributed by atoms with E-state index >= 15 is 0 Å². The Balaban J connectivity index is 2.72. The fourth-order valence-corrected chi connectivity index (χ4v) is 1.61. The van der Waals surface area contributed by atoms with Gasteiger partial charge in [0.25, 0.3) is 5.56 Å². The molecule has 102 valence electrons. The molecular weight excluding hydrogens is 263 g/mol. The van der Waals surface area contributed by atoms with Gasteiger partial charge < -0.3 is 26.0 Å². The summed E-state index contributed by atoms with van der Waals surface area (Å²) in [5.41, 5.74) is 10.8. The van der Waals surface area contributed by atoms with Gasteiger partial charge in [0.05, 0.1) is 18.7 Å². The third-order valence-electron chi connectivity index (χ3n) is 2.18. The quantitative estimate of drug-likeness (QED) is 0.389. The Labute approximate surface area is 103 Å². The minimum atomic E-state index is -4.20. The van der Waals surface area contributed by atoms with E-state index in [1.807, 2.05) is 0 Å². The number of nitrogen functional groups attached to an aromatic ring is 2. The molecule has 0 fully saturated rings. The van der Waals surface area contributed by atoms with Crippen LogP contribution in [0.2, 0.25) is 0 Å². The number of aromatic nitrogens is 2. The van der Waals surface area contributed by atoms with Crippen LogP contribution in [0, 0.1) is 6.92 Å². The van der Waals surface area contributed by atoms with Crippen LogP contribution in [0.5, 0.6) is 0 Å². The molecular formula is C8H15N4O5P. The molecule has 9 nitrogen and oxygen atoms in total. The Morgan fingerprint density at radius 2 is 2.06 bits per heavy atom. The van der Waals surface area contributed by atoms with Gasteiger partial charge in [0.2, 0.25) is 5.95 Å². The minimum absolute atomic E-state index is 0.0405. The smallest absolute Gasteiger partial charge is 0.350 e. The van der Waals surface area contributed by atoms with Crippen molar-refractivity contribution < 1.29 is 19.1 Å². The molecule has 18 heavy (non-hydrogen) atoms. The fourth-order valence-electron chi connectivity index (χ4n) is 1.24. The molecule has 0 radical (unpaired) electrons. The molecule has 0 aliphatic rings. The Morgan fingerprint density at radius 1 is 1.44 bits per heavy atom. The number of rotatable bonds is 5. The van der Waals surface area contributed by atoms with Gasteiger partial charge in [-0.15, -0.1) is 0 Å². The van der Waals surface area contributed by atoms with Crippen molar-refractivity contribution in [3.05, 3.63) is 15.9 Å². The summed E-state index contributed by atoms with van der Waals surface area (Å²) in [5, 5.41) is 0. The van der Waals surface area contributed by atoms with E-state index in [-0.39, 0.29) is 30.5 Å². The number of ether oxygens (including phenoxy) is 1. The van der Waals surface area contributed by atoms with Crippen molar-refractivity contribution in [3.63, 3.8) is 0 Å². The SMILES string of the molecule is Cc1c(N)nc(N)n(CCOCP(=O)(O)O)c1=O. The van der Waals surface area contributed by atoms with Crippen LogP contribution in [0.25, 0.3) is 0 Å². The molecule has 6 N–H and O–H groups in total. The number of nitrogens with zero attached hydrogens (tertiary/aromatic N) is 2. The van der Waals surface area contributed by atoms with Crippen molar-refractivity contribution in [2.75, 3.05) is 24.4 Å². The van der Waals surface area contributed by atoms with E-state index in [0.717, 1.165) is 4.57 Å². The molecule has 0 saturated heterocycles. The first kappa shape index (κ1) is 14.7. The lowest BCUT2D eigenvalue weighted by Gasteiger charge is -2.11. The van der Waals surface area contributed by atoms with Crippen LogP contribution in [0.1, 0.15) is 5.56 Å². The molecule has 10 heteroatoms. The summed E-state index contributed by atoms with van der Waals surface area (Å²) in [4.78, 5) is 32.7. The maximum absolute atomic E-state index is 11.8. The van der Waals surface area contributed by atoms with E-state index < -0.39 is 19.5 Å². The summed E-state index contributed by atoms with van der Waals surface area (Å²) in [7, 11) is -4.20. The standard InChI is InChI=1S/C8H15N4O5P/c1-5-6(9)11-8(10)12(7(5)13)2-3-17-4-18(14,15)16/h2-4,9H2,1H3,(H2,10,11)(H2,14,15,16). The summed E-state index contributed by atoms with van der Waals surface area (Å²) in [6.45, 7) is 1.48. The maximum Gasteiger partial charge on any atom is 0.350 e. The normalized spacial score (nSPS) is 11.7. The molecule has 0 aliphatic carbocycles. The fraction of sp³-hybridized carbons (Fsp3) is 0.500. The topological polar surface area (TPSA) is 154 Å². The summed E-state index contributed by atoms with van der Waals surface area (Å²) < 4.78 is 16.4. The zero-order valence-electron chi connectivity index (χ0n) is 9.74. The number of hydrogen-bond acceptors (Lipinski definition) is 6. The predicted octanol–water partition coefficient (Wildman–Crippen LogP) is -1.13. The Morgan fingerprint density at radius 3 is 2.61 bits per heavy atom. The second-order valence-electron chi connectivity index (χ2n) is 3.64. The van der Waals surface area contributed by atoms with Gasteiger partial charge >= 0.3 is 7.60 Å². The van der Waals surface area contributed by atoms with Gasteiger partial charge in [-0.1, -0.05) is 0 Å². The van der Waals surface area contributed by atoms with E-state index in [2.05, 4.69) is 4.98 Å². The Hall–Kier alpha value is -1.41. The highest BCUT2D eigenvalue weighted by atomic mass is 31.2. The molecule has 0 saturated carbocycles. The van der Waals surface area contributed by atoms with Crippen molar-refractivity contribution in [1.29, 1.82) is 0 Å². The third-order valence-corrected chi connectivity index (χ3v) is 2.70. The van der Waals surface area contributed by atoms with E-state index in [1.54, 1.807) is 0 Å². The maximum atomic E-state index is 11.8.